The maximum absolute atomic E-state index is 13.3. The smallest absolute Gasteiger partial charge is 0.255 e. The quantitative estimate of drug-likeness (QED) is 0.610. The van der Waals surface area contributed by atoms with Crippen LogP contribution in [-0.2, 0) is 0 Å². The molecular weight excluding hydrogens is 388 g/mol. The maximum Gasteiger partial charge on any atom is 0.255 e. The Bertz CT molecular complexity index is 930. The molecule has 0 radical (unpaired) electrons. The van der Waals surface area contributed by atoms with E-state index in [0.29, 0.717) is 19.1 Å². The van der Waals surface area contributed by atoms with Crippen LogP contribution in [0, 0.1) is 19.8 Å². The van der Waals surface area contributed by atoms with Crippen molar-refractivity contribution in [3.05, 3.63) is 52.8 Å². The van der Waals surface area contributed by atoms with Crippen LogP contribution in [0.25, 0.3) is 0 Å². The van der Waals surface area contributed by atoms with Crippen molar-refractivity contribution in [1.82, 2.24) is 9.47 Å². The highest BCUT2D eigenvalue weighted by Crippen LogP contribution is 2.33. The van der Waals surface area contributed by atoms with Gasteiger partial charge >= 0.3 is 0 Å². The number of methoxy groups -OCH3 is 1. The maximum atomic E-state index is 13.3. The summed E-state index contributed by atoms with van der Waals surface area (Å²) >= 11 is 0. The van der Waals surface area contributed by atoms with Crippen molar-refractivity contribution in [2.45, 2.75) is 64.8 Å². The number of nitrogens with zero attached hydrogens (tertiary/aromatic N) is 2. The Labute approximate surface area is 185 Å². The first-order valence-corrected chi connectivity index (χ1v) is 11.7. The average Bonchev–Trinajstić information content (AvgIpc) is 3.12. The number of carbonyl (C=O) groups is 2. The van der Waals surface area contributed by atoms with Gasteiger partial charge in [0.2, 0.25) is 0 Å². The third-order valence-corrected chi connectivity index (χ3v) is 7.18. The summed E-state index contributed by atoms with van der Waals surface area (Å²) in [5.74, 6) is 1.02. The molecule has 5 nitrogen and oxygen atoms in total. The van der Waals surface area contributed by atoms with Crippen LogP contribution in [-0.4, -0.2) is 41.4 Å². The number of amides is 1. The molecule has 1 aromatic heterocycles. The van der Waals surface area contributed by atoms with Crippen LogP contribution in [0.2, 0.25) is 0 Å². The number of likely N-dealkylation sites (tertiary alicyclic amines) is 1. The fraction of sp³-hybridized carbons (Fsp3) is 0.538. The molecule has 1 aliphatic carbocycles. The molecule has 2 aromatic rings. The molecule has 0 atom stereocenters. The molecule has 2 fully saturated rings. The highest BCUT2D eigenvalue weighted by molar-refractivity contribution is 5.99. The number of hydrogen-bond donors (Lipinski definition) is 0. The topological polar surface area (TPSA) is 51.5 Å². The van der Waals surface area contributed by atoms with E-state index in [4.69, 9.17) is 4.74 Å². The molecule has 2 heterocycles. The Morgan fingerprint density at radius 2 is 1.58 bits per heavy atom. The van der Waals surface area contributed by atoms with Gasteiger partial charge in [-0.1, -0.05) is 19.3 Å². The molecule has 1 aliphatic heterocycles. The van der Waals surface area contributed by atoms with E-state index in [0.717, 1.165) is 35.4 Å². The van der Waals surface area contributed by atoms with Gasteiger partial charge in [0, 0.05) is 42.0 Å². The van der Waals surface area contributed by atoms with E-state index in [-0.39, 0.29) is 17.6 Å². The number of ether oxygens (including phenoxy) is 1. The number of benzene rings is 1. The Hall–Kier alpha value is -2.56. The number of aryl methyl sites for hydroxylation is 1. The van der Waals surface area contributed by atoms with E-state index < -0.39 is 0 Å². The normalized spacial score (nSPS) is 18.2. The molecule has 0 bridgehead atoms. The number of piperidine rings is 1. The van der Waals surface area contributed by atoms with Crippen LogP contribution >= 0.6 is 0 Å². The summed E-state index contributed by atoms with van der Waals surface area (Å²) in [6.45, 7) is 5.49. The standard InChI is InChI=1S/C26H34N2O3/c1-18-17-24(19(2)28(18)22-7-5-4-6-8-22)26(30)27-15-13-21(14-16-27)25(29)20-9-11-23(31-3)12-10-20/h9-12,17,21-22H,4-8,13-16H2,1-3H3. The van der Waals surface area contributed by atoms with E-state index in [2.05, 4.69) is 24.5 Å². The largest absolute Gasteiger partial charge is 0.497 e. The lowest BCUT2D eigenvalue weighted by Crippen LogP contribution is -2.40. The fourth-order valence-corrected chi connectivity index (χ4v) is 5.40. The van der Waals surface area contributed by atoms with Crippen molar-refractivity contribution in [2.75, 3.05) is 20.2 Å². The monoisotopic (exact) mass is 422 g/mol. The zero-order valence-electron chi connectivity index (χ0n) is 19.0. The zero-order valence-corrected chi connectivity index (χ0v) is 19.0. The van der Waals surface area contributed by atoms with Gasteiger partial charge in [-0.25, -0.2) is 0 Å². The number of aromatic nitrogens is 1. The number of carbonyl (C=O) groups excluding carboxylic acids is 2. The number of rotatable bonds is 5. The average molecular weight is 423 g/mol. The van der Waals surface area contributed by atoms with Gasteiger partial charge in [-0.2, -0.15) is 0 Å². The van der Waals surface area contributed by atoms with Crippen LogP contribution in [0.1, 0.15) is 83.1 Å². The lowest BCUT2D eigenvalue weighted by Gasteiger charge is -2.31. The molecule has 0 spiro atoms. The molecular formula is C26H34N2O3. The van der Waals surface area contributed by atoms with Crippen LogP contribution in [0.15, 0.2) is 30.3 Å². The van der Waals surface area contributed by atoms with Crippen molar-refractivity contribution in [1.29, 1.82) is 0 Å². The molecule has 5 heteroatoms. The predicted molar refractivity (Wildman–Crippen MR) is 122 cm³/mol. The molecule has 1 amide bonds. The van der Waals surface area contributed by atoms with E-state index in [1.165, 1.54) is 37.8 Å². The van der Waals surface area contributed by atoms with Gasteiger partial charge in [-0.05, 0) is 69.9 Å². The minimum atomic E-state index is -0.0212. The van der Waals surface area contributed by atoms with Crippen LogP contribution < -0.4 is 4.74 Å². The van der Waals surface area contributed by atoms with Crippen LogP contribution in [0.3, 0.4) is 0 Å². The molecule has 0 N–H and O–H groups in total. The highest BCUT2D eigenvalue weighted by Gasteiger charge is 2.30. The lowest BCUT2D eigenvalue weighted by atomic mass is 9.88. The predicted octanol–water partition coefficient (Wildman–Crippen LogP) is 5.35. The second kappa shape index (κ2) is 9.29. The van der Waals surface area contributed by atoms with Crippen molar-refractivity contribution in [3.8, 4) is 5.75 Å². The summed E-state index contributed by atoms with van der Waals surface area (Å²) in [5, 5.41) is 0. The van der Waals surface area contributed by atoms with Gasteiger partial charge in [0.25, 0.3) is 5.91 Å². The summed E-state index contributed by atoms with van der Waals surface area (Å²) in [7, 11) is 1.62. The fourth-order valence-electron chi connectivity index (χ4n) is 5.40. The molecule has 1 aromatic carbocycles. The summed E-state index contributed by atoms with van der Waals surface area (Å²) in [4.78, 5) is 28.1. The molecule has 1 saturated carbocycles. The first-order chi connectivity index (χ1) is 15.0. The van der Waals surface area contributed by atoms with Gasteiger partial charge < -0.3 is 14.2 Å². The lowest BCUT2D eigenvalue weighted by molar-refractivity contribution is 0.0649. The van der Waals surface area contributed by atoms with E-state index in [1.807, 2.05) is 29.2 Å². The second-order valence-electron chi connectivity index (χ2n) is 9.11. The van der Waals surface area contributed by atoms with Crippen molar-refractivity contribution in [3.63, 3.8) is 0 Å². The summed E-state index contributed by atoms with van der Waals surface area (Å²) in [5.41, 5.74) is 3.85. The number of ketones is 1. The highest BCUT2D eigenvalue weighted by atomic mass is 16.5. The van der Waals surface area contributed by atoms with Crippen molar-refractivity contribution < 1.29 is 14.3 Å². The molecule has 1 saturated heterocycles. The molecule has 2 aliphatic rings. The number of hydrogen-bond acceptors (Lipinski definition) is 3. The molecule has 4 rings (SSSR count). The summed E-state index contributed by atoms with van der Waals surface area (Å²) in [6.07, 6.45) is 7.75. The Morgan fingerprint density at radius 1 is 0.935 bits per heavy atom. The SMILES string of the molecule is COc1ccc(C(=O)C2CCN(C(=O)c3cc(C)n(C4CCCCC4)c3C)CC2)cc1. The second-order valence-corrected chi connectivity index (χ2v) is 9.11. The van der Waals surface area contributed by atoms with Gasteiger partial charge in [-0.3, -0.25) is 9.59 Å². The van der Waals surface area contributed by atoms with Gasteiger partial charge in [-0.15, -0.1) is 0 Å². The van der Waals surface area contributed by atoms with E-state index in [1.54, 1.807) is 7.11 Å². The minimum Gasteiger partial charge on any atom is -0.497 e. The Kier molecular flexibility index (Phi) is 6.49. The molecule has 0 unspecified atom stereocenters. The third kappa shape index (κ3) is 4.41. The van der Waals surface area contributed by atoms with Crippen LogP contribution in [0.5, 0.6) is 5.75 Å². The first-order valence-electron chi connectivity index (χ1n) is 11.7. The zero-order chi connectivity index (χ0) is 22.0. The Balaban J connectivity index is 1.40. The van der Waals surface area contributed by atoms with Gasteiger partial charge in [0.1, 0.15) is 5.75 Å². The molecule has 166 valence electrons. The molecule has 31 heavy (non-hydrogen) atoms. The van der Waals surface area contributed by atoms with E-state index >= 15 is 0 Å². The Morgan fingerprint density at radius 3 is 2.19 bits per heavy atom. The van der Waals surface area contributed by atoms with Gasteiger partial charge in [0.15, 0.2) is 5.78 Å². The minimum absolute atomic E-state index is 0.0212. The van der Waals surface area contributed by atoms with Crippen molar-refractivity contribution in [2.24, 2.45) is 5.92 Å². The number of Topliss-reactive ketones (excluding diaryl/α,β-unsaturated/α-hetero) is 1. The van der Waals surface area contributed by atoms with E-state index in [9.17, 15) is 9.59 Å². The van der Waals surface area contributed by atoms with Gasteiger partial charge in [0.05, 0.1) is 12.7 Å². The first kappa shape index (κ1) is 21.7. The van der Waals surface area contributed by atoms with Crippen LogP contribution in [0.4, 0.5) is 0 Å². The summed E-state index contributed by atoms with van der Waals surface area (Å²) in [6, 6.07) is 9.92. The summed E-state index contributed by atoms with van der Waals surface area (Å²) < 4.78 is 7.57. The van der Waals surface area contributed by atoms with Crippen molar-refractivity contribution >= 4 is 11.7 Å². The third-order valence-electron chi connectivity index (χ3n) is 7.18.